The Morgan fingerprint density at radius 3 is 2.59 bits per heavy atom. The minimum Gasteiger partial charge on any atom is -0.427 e. The molecule has 168 valence electrons. The van der Waals surface area contributed by atoms with Crippen molar-refractivity contribution in [1.82, 2.24) is 14.5 Å². The number of nitrogen functional groups attached to an aromatic ring is 1. The summed E-state index contributed by atoms with van der Waals surface area (Å²) >= 11 is 0. The van der Waals surface area contributed by atoms with Crippen LogP contribution in [-0.2, 0) is 17.8 Å². The predicted octanol–water partition coefficient (Wildman–Crippen LogP) is 4.27. The Balaban J connectivity index is 0.00000141. The highest BCUT2D eigenvalue weighted by atomic mass is 31.2. The Hall–Kier alpha value is -3.06. The first kappa shape index (κ1) is 23.6. The van der Waals surface area contributed by atoms with E-state index in [1.54, 1.807) is 6.07 Å². The number of benzene rings is 2. The number of hydrogen-bond donors (Lipinski definition) is 3. The first-order chi connectivity index (χ1) is 15.5. The van der Waals surface area contributed by atoms with Gasteiger partial charge in [-0.1, -0.05) is 43.7 Å². The molecular formula is C23H27N4O4P. The zero-order valence-corrected chi connectivity index (χ0v) is 19.0. The molecule has 0 saturated heterocycles. The summed E-state index contributed by atoms with van der Waals surface area (Å²) in [6.07, 6.45) is 2.98. The maximum Gasteiger partial charge on any atom is 0.391 e. The lowest BCUT2D eigenvalue weighted by Gasteiger charge is -2.13. The fourth-order valence-electron chi connectivity index (χ4n) is 3.78. The molecule has 4 rings (SSSR count). The third-order valence-electron chi connectivity index (χ3n) is 5.20. The molecule has 0 bridgehead atoms. The van der Waals surface area contributed by atoms with Gasteiger partial charge in [-0.2, -0.15) is 0 Å². The van der Waals surface area contributed by atoms with Crippen molar-refractivity contribution in [2.45, 2.75) is 39.7 Å². The fraction of sp³-hybridized carbons (Fsp3) is 0.261. The van der Waals surface area contributed by atoms with E-state index in [1.807, 2.05) is 44.0 Å². The standard InChI is InChI=1S/C22H25N4O3P.CH2O/c1-3-4-9-19-25-20-21(16-7-5-6-8-17(16)24-22(20)23)26(19)13-15-10-11-18(14(2)12-15)29-30(27)28;1-2/h5-8,10-12,27-28H,3-4,9,13H2,1-2H3,(H2,23,24);1H2. The molecule has 2 aromatic carbocycles. The second-order valence-corrected chi connectivity index (χ2v) is 8.06. The van der Waals surface area contributed by atoms with Gasteiger partial charge in [-0.25, -0.2) is 9.97 Å². The van der Waals surface area contributed by atoms with Gasteiger partial charge >= 0.3 is 8.60 Å². The molecule has 4 aromatic rings. The lowest BCUT2D eigenvalue weighted by atomic mass is 10.1. The molecule has 2 aromatic heterocycles. The quantitative estimate of drug-likeness (QED) is 0.356. The van der Waals surface area contributed by atoms with E-state index >= 15 is 0 Å². The first-order valence-electron chi connectivity index (χ1n) is 10.3. The van der Waals surface area contributed by atoms with Crippen molar-refractivity contribution < 1.29 is 19.1 Å². The highest BCUT2D eigenvalue weighted by Crippen LogP contribution is 2.33. The van der Waals surface area contributed by atoms with Crippen LogP contribution in [0.25, 0.3) is 21.9 Å². The Bertz CT molecular complexity index is 1230. The predicted molar refractivity (Wildman–Crippen MR) is 127 cm³/mol. The highest BCUT2D eigenvalue weighted by Gasteiger charge is 2.18. The molecule has 4 N–H and O–H groups in total. The number of pyridine rings is 1. The molecule has 0 spiro atoms. The third-order valence-corrected chi connectivity index (χ3v) is 5.56. The van der Waals surface area contributed by atoms with Gasteiger partial charge in [-0.05, 0) is 36.6 Å². The summed E-state index contributed by atoms with van der Waals surface area (Å²) in [7, 11) is -2.44. The molecule has 0 atom stereocenters. The van der Waals surface area contributed by atoms with Crippen molar-refractivity contribution in [2.24, 2.45) is 0 Å². The van der Waals surface area contributed by atoms with Gasteiger partial charge in [-0.3, -0.25) is 0 Å². The maximum atomic E-state index is 9.14. The van der Waals surface area contributed by atoms with Crippen molar-refractivity contribution in [2.75, 3.05) is 5.73 Å². The van der Waals surface area contributed by atoms with Crippen LogP contribution in [0.1, 0.15) is 36.7 Å². The van der Waals surface area contributed by atoms with Crippen molar-refractivity contribution in [3.63, 3.8) is 0 Å². The third kappa shape index (κ3) is 4.88. The molecule has 0 aliphatic heterocycles. The molecule has 0 saturated carbocycles. The van der Waals surface area contributed by atoms with Gasteiger partial charge in [0.05, 0.1) is 11.0 Å². The molecule has 2 heterocycles. The van der Waals surface area contributed by atoms with Gasteiger partial charge in [0, 0.05) is 18.4 Å². The minimum atomic E-state index is -2.44. The number of nitrogens with two attached hydrogens (primary N) is 1. The van der Waals surface area contributed by atoms with Crippen molar-refractivity contribution >= 4 is 43.1 Å². The van der Waals surface area contributed by atoms with Gasteiger partial charge in [0.2, 0.25) is 0 Å². The average molecular weight is 454 g/mol. The number of para-hydroxylation sites is 1. The van der Waals surface area contributed by atoms with Gasteiger partial charge in [0.1, 0.15) is 23.9 Å². The molecule has 0 fully saturated rings. The summed E-state index contributed by atoms with van der Waals surface area (Å²) in [5, 5.41) is 1.03. The SMILES string of the molecule is C=O.CCCCc1nc2c(N)nc3ccccc3c2n1Cc1ccc(OP(O)O)c(C)c1. The van der Waals surface area contributed by atoms with Gasteiger partial charge < -0.3 is 29.4 Å². The number of carbonyl (C=O) groups is 1. The number of hydrogen-bond acceptors (Lipinski definition) is 7. The Morgan fingerprint density at radius 1 is 1.16 bits per heavy atom. The summed E-state index contributed by atoms with van der Waals surface area (Å²) in [4.78, 5) is 35.7. The Kier molecular flexibility index (Phi) is 7.75. The van der Waals surface area contributed by atoms with Gasteiger partial charge in [-0.15, -0.1) is 0 Å². The molecular weight excluding hydrogens is 427 g/mol. The van der Waals surface area contributed by atoms with Crippen LogP contribution in [0, 0.1) is 6.92 Å². The van der Waals surface area contributed by atoms with Crippen molar-refractivity contribution in [3.8, 4) is 5.75 Å². The Morgan fingerprint density at radius 2 is 1.91 bits per heavy atom. The van der Waals surface area contributed by atoms with Crippen LogP contribution in [0.3, 0.4) is 0 Å². The average Bonchev–Trinajstić information content (AvgIpc) is 3.14. The largest absolute Gasteiger partial charge is 0.427 e. The number of carbonyl (C=O) groups excluding carboxylic acids is 1. The van der Waals surface area contributed by atoms with E-state index in [2.05, 4.69) is 22.5 Å². The van der Waals surface area contributed by atoms with Crippen molar-refractivity contribution in [3.05, 3.63) is 59.4 Å². The number of aromatic nitrogens is 3. The number of unbranched alkanes of at least 4 members (excludes halogenated alkanes) is 1. The number of imidazole rings is 1. The number of fused-ring (bicyclic) bond motifs is 3. The summed E-state index contributed by atoms with van der Waals surface area (Å²) in [6, 6.07) is 13.7. The summed E-state index contributed by atoms with van der Waals surface area (Å²) < 4.78 is 7.32. The van der Waals surface area contributed by atoms with E-state index in [0.29, 0.717) is 18.1 Å². The van der Waals surface area contributed by atoms with E-state index in [0.717, 1.165) is 58.2 Å². The number of aryl methyl sites for hydroxylation is 2. The second kappa shape index (κ2) is 10.5. The molecule has 8 nitrogen and oxygen atoms in total. The number of rotatable bonds is 7. The number of nitrogens with zero attached hydrogens (tertiary/aromatic N) is 3. The lowest BCUT2D eigenvalue weighted by Crippen LogP contribution is -2.06. The van der Waals surface area contributed by atoms with Crippen LogP contribution < -0.4 is 10.3 Å². The lowest BCUT2D eigenvalue weighted by molar-refractivity contribution is -0.0980. The first-order valence-corrected chi connectivity index (χ1v) is 11.4. The van der Waals surface area contributed by atoms with Crippen molar-refractivity contribution in [1.29, 1.82) is 0 Å². The zero-order valence-electron chi connectivity index (χ0n) is 18.2. The normalized spacial score (nSPS) is 11.0. The van der Waals surface area contributed by atoms with E-state index in [-0.39, 0.29) is 0 Å². The molecule has 32 heavy (non-hydrogen) atoms. The zero-order chi connectivity index (χ0) is 23.3. The number of anilines is 1. The smallest absolute Gasteiger partial charge is 0.391 e. The Labute approximate surface area is 187 Å². The van der Waals surface area contributed by atoms with Crippen LogP contribution in [0.2, 0.25) is 0 Å². The van der Waals surface area contributed by atoms with E-state index in [1.165, 1.54) is 0 Å². The maximum absolute atomic E-state index is 9.14. The molecule has 9 heteroatoms. The van der Waals surface area contributed by atoms with E-state index < -0.39 is 8.60 Å². The van der Waals surface area contributed by atoms with Crippen LogP contribution in [-0.4, -0.2) is 31.1 Å². The van der Waals surface area contributed by atoms with Gasteiger partial charge in [0.15, 0.2) is 5.82 Å². The fourth-order valence-corrected chi connectivity index (χ4v) is 4.16. The highest BCUT2D eigenvalue weighted by molar-refractivity contribution is 7.39. The van der Waals surface area contributed by atoms with E-state index in [4.69, 9.17) is 29.8 Å². The molecule has 0 aliphatic carbocycles. The van der Waals surface area contributed by atoms with Crippen LogP contribution in [0.15, 0.2) is 42.5 Å². The van der Waals surface area contributed by atoms with Crippen LogP contribution in [0.4, 0.5) is 5.82 Å². The minimum absolute atomic E-state index is 0.444. The van der Waals surface area contributed by atoms with Crippen LogP contribution >= 0.6 is 8.60 Å². The van der Waals surface area contributed by atoms with E-state index in [9.17, 15) is 0 Å². The van der Waals surface area contributed by atoms with Crippen LogP contribution in [0.5, 0.6) is 5.75 Å². The summed E-state index contributed by atoms with van der Waals surface area (Å²) in [6.45, 7) is 6.67. The summed E-state index contributed by atoms with van der Waals surface area (Å²) in [5.74, 6) is 1.90. The topological polar surface area (TPSA) is 123 Å². The molecule has 0 amide bonds. The molecule has 0 aliphatic rings. The molecule has 0 unspecified atom stereocenters. The second-order valence-electron chi connectivity index (χ2n) is 7.37. The van der Waals surface area contributed by atoms with Gasteiger partial charge in [0.25, 0.3) is 0 Å². The monoisotopic (exact) mass is 454 g/mol. The summed E-state index contributed by atoms with van der Waals surface area (Å²) in [5.41, 5.74) is 10.8. The molecule has 0 radical (unpaired) electrons.